The number of amides is 2. The van der Waals surface area contributed by atoms with Crippen LogP contribution in [-0.2, 0) is 11.8 Å². The predicted molar refractivity (Wildman–Crippen MR) is 95.6 cm³/mol. The number of aryl methyl sites for hydroxylation is 2. The Hall–Kier alpha value is -1.70. The molecular formula is C19H28F2N4O2. The van der Waals surface area contributed by atoms with Crippen molar-refractivity contribution in [2.75, 3.05) is 26.2 Å². The highest BCUT2D eigenvalue weighted by Gasteiger charge is 2.78. The number of hydrogen-bond acceptors (Lipinski definition) is 3. The third-order valence-corrected chi connectivity index (χ3v) is 7.06. The molecule has 0 spiro atoms. The van der Waals surface area contributed by atoms with Gasteiger partial charge in [-0.05, 0) is 26.7 Å². The first-order chi connectivity index (χ1) is 12.7. The van der Waals surface area contributed by atoms with Crippen LogP contribution < -0.4 is 5.32 Å². The van der Waals surface area contributed by atoms with Crippen molar-refractivity contribution in [3.63, 3.8) is 0 Å². The topological polar surface area (TPSA) is 59.4 Å². The zero-order valence-electron chi connectivity index (χ0n) is 16.4. The van der Waals surface area contributed by atoms with Crippen LogP contribution in [0.3, 0.4) is 0 Å². The van der Waals surface area contributed by atoms with Crippen molar-refractivity contribution >= 4 is 6.03 Å². The minimum Gasteiger partial charge on any atom is -0.373 e. The minimum atomic E-state index is -2.64. The zero-order chi connectivity index (χ0) is 19.6. The van der Waals surface area contributed by atoms with Crippen molar-refractivity contribution in [1.29, 1.82) is 0 Å². The van der Waals surface area contributed by atoms with E-state index in [1.165, 1.54) is 0 Å². The summed E-state index contributed by atoms with van der Waals surface area (Å²) in [6.07, 6.45) is 1.13. The van der Waals surface area contributed by atoms with Gasteiger partial charge in [0.05, 0.1) is 17.7 Å². The van der Waals surface area contributed by atoms with Crippen molar-refractivity contribution in [1.82, 2.24) is 20.0 Å². The van der Waals surface area contributed by atoms with Crippen molar-refractivity contribution in [3.8, 4) is 0 Å². The van der Waals surface area contributed by atoms with Gasteiger partial charge in [-0.2, -0.15) is 5.10 Å². The summed E-state index contributed by atoms with van der Waals surface area (Å²) in [7, 11) is 1.91. The highest BCUT2D eigenvalue weighted by atomic mass is 19.3. The second-order valence-electron chi connectivity index (χ2n) is 8.52. The van der Waals surface area contributed by atoms with Gasteiger partial charge >= 0.3 is 6.03 Å². The lowest BCUT2D eigenvalue weighted by atomic mass is 9.94. The molecule has 0 aromatic carbocycles. The maximum absolute atomic E-state index is 13.9. The van der Waals surface area contributed by atoms with Gasteiger partial charge in [-0.1, -0.05) is 6.92 Å². The second-order valence-corrected chi connectivity index (χ2v) is 8.52. The SMILES string of the molecule is Cc1nn(C)c(C)c1[C@@H]1OCC[C@H]1CNC(=O)N1CCC2(C)C(C1)C2(F)F. The molecule has 0 radical (unpaired) electrons. The normalized spacial score (nSPS) is 34.4. The fourth-order valence-corrected chi connectivity index (χ4v) is 4.89. The summed E-state index contributed by atoms with van der Waals surface area (Å²) >= 11 is 0. The molecule has 6 nitrogen and oxygen atoms in total. The molecule has 1 aromatic heterocycles. The van der Waals surface area contributed by atoms with E-state index in [1.807, 2.05) is 25.6 Å². The fraction of sp³-hybridized carbons (Fsp3) is 0.789. The van der Waals surface area contributed by atoms with Crippen LogP contribution in [0, 0.1) is 31.1 Å². The molecule has 3 fully saturated rings. The molecule has 4 rings (SSSR count). The first kappa shape index (κ1) is 18.7. The third kappa shape index (κ3) is 2.75. The van der Waals surface area contributed by atoms with Crippen LogP contribution in [0.4, 0.5) is 13.6 Å². The Balaban J connectivity index is 1.36. The Bertz CT molecular complexity index is 765. The van der Waals surface area contributed by atoms with E-state index in [-0.39, 0.29) is 24.6 Å². The number of carbonyl (C=O) groups is 1. The molecule has 2 amide bonds. The van der Waals surface area contributed by atoms with Crippen LogP contribution >= 0.6 is 0 Å². The Kier molecular flexibility index (Phi) is 4.25. The molecule has 1 saturated carbocycles. The molecule has 0 bridgehead atoms. The van der Waals surface area contributed by atoms with Crippen molar-refractivity contribution < 1.29 is 18.3 Å². The number of alkyl halides is 2. The van der Waals surface area contributed by atoms with Gasteiger partial charge in [0, 0.05) is 55.9 Å². The Morgan fingerprint density at radius 1 is 1.41 bits per heavy atom. The number of likely N-dealkylation sites (tertiary alicyclic amines) is 1. The van der Waals surface area contributed by atoms with Gasteiger partial charge in [0.15, 0.2) is 0 Å². The second kappa shape index (κ2) is 6.15. The van der Waals surface area contributed by atoms with Gasteiger partial charge in [0.2, 0.25) is 0 Å². The summed E-state index contributed by atoms with van der Waals surface area (Å²) in [4.78, 5) is 14.1. The number of halogens is 2. The number of hydrogen-bond donors (Lipinski definition) is 1. The average Bonchev–Trinajstić information content (AvgIpc) is 2.94. The number of rotatable bonds is 3. The Labute approximate surface area is 158 Å². The Morgan fingerprint density at radius 3 is 2.78 bits per heavy atom. The van der Waals surface area contributed by atoms with E-state index in [1.54, 1.807) is 11.8 Å². The number of piperidine rings is 1. The molecule has 27 heavy (non-hydrogen) atoms. The molecule has 1 aromatic rings. The summed E-state index contributed by atoms with van der Waals surface area (Å²) in [6.45, 7) is 7.28. The standard InChI is InChI=1S/C19H28F2N4O2/c1-11-15(12(2)24(4)23-11)16-13(5-8-27-16)9-22-17(26)25-7-6-18(3)14(10-25)19(18,20)21/h13-14,16H,5-10H2,1-4H3,(H,22,26)/t13-,14?,16+,18?/m0/s1. The molecule has 4 atom stereocenters. The fourth-order valence-electron chi connectivity index (χ4n) is 4.89. The monoisotopic (exact) mass is 382 g/mol. The van der Waals surface area contributed by atoms with Crippen molar-refractivity contribution in [3.05, 3.63) is 17.0 Å². The molecule has 3 heterocycles. The van der Waals surface area contributed by atoms with E-state index in [0.29, 0.717) is 26.1 Å². The summed E-state index contributed by atoms with van der Waals surface area (Å²) in [5.41, 5.74) is 2.20. The first-order valence-electron chi connectivity index (χ1n) is 9.69. The highest BCUT2D eigenvalue weighted by Crippen LogP contribution is 2.69. The van der Waals surface area contributed by atoms with Crippen LogP contribution in [0.15, 0.2) is 0 Å². The van der Waals surface area contributed by atoms with Crippen LogP contribution in [0.2, 0.25) is 0 Å². The van der Waals surface area contributed by atoms with E-state index >= 15 is 0 Å². The van der Waals surface area contributed by atoms with E-state index < -0.39 is 17.3 Å². The third-order valence-electron chi connectivity index (χ3n) is 7.06. The number of nitrogens with zero attached hydrogens (tertiary/aromatic N) is 3. The lowest BCUT2D eigenvalue weighted by Gasteiger charge is -2.29. The molecule has 150 valence electrons. The number of aromatic nitrogens is 2. The van der Waals surface area contributed by atoms with Gasteiger partial charge in [-0.3, -0.25) is 4.68 Å². The molecule has 1 aliphatic carbocycles. The number of ether oxygens (including phenoxy) is 1. The molecule has 2 aliphatic heterocycles. The zero-order valence-corrected chi connectivity index (χ0v) is 16.4. The number of urea groups is 1. The molecule has 8 heteroatoms. The van der Waals surface area contributed by atoms with E-state index in [4.69, 9.17) is 4.74 Å². The molecular weight excluding hydrogens is 354 g/mol. The van der Waals surface area contributed by atoms with Crippen LogP contribution in [0.5, 0.6) is 0 Å². The van der Waals surface area contributed by atoms with Gasteiger partial charge in [0.1, 0.15) is 0 Å². The molecule has 2 unspecified atom stereocenters. The van der Waals surface area contributed by atoms with Crippen LogP contribution in [0.25, 0.3) is 0 Å². The quantitative estimate of drug-likeness (QED) is 0.875. The lowest BCUT2D eigenvalue weighted by Crippen LogP contribution is -2.46. The van der Waals surface area contributed by atoms with Gasteiger partial charge in [0.25, 0.3) is 5.92 Å². The first-order valence-corrected chi connectivity index (χ1v) is 9.69. The predicted octanol–water partition coefficient (Wildman–Crippen LogP) is 2.80. The van der Waals surface area contributed by atoms with Gasteiger partial charge in [-0.15, -0.1) is 0 Å². The molecule has 2 saturated heterocycles. The molecule has 1 N–H and O–H groups in total. The average molecular weight is 382 g/mol. The van der Waals surface area contributed by atoms with E-state index in [9.17, 15) is 13.6 Å². The summed E-state index contributed by atoms with van der Waals surface area (Å²) in [6, 6.07) is -0.245. The number of nitrogens with one attached hydrogen (secondary N) is 1. The van der Waals surface area contributed by atoms with Crippen LogP contribution in [0.1, 0.15) is 42.8 Å². The largest absolute Gasteiger partial charge is 0.373 e. The maximum Gasteiger partial charge on any atom is 0.317 e. The highest BCUT2D eigenvalue weighted by molar-refractivity contribution is 5.74. The van der Waals surface area contributed by atoms with Gasteiger partial charge in [-0.25, -0.2) is 13.6 Å². The molecule has 3 aliphatic rings. The van der Waals surface area contributed by atoms with Crippen molar-refractivity contribution in [2.24, 2.45) is 24.3 Å². The Morgan fingerprint density at radius 2 is 2.15 bits per heavy atom. The van der Waals surface area contributed by atoms with E-state index in [0.717, 1.165) is 23.4 Å². The summed E-state index contributed by atoms with van der Waals surface area (Å²) in [5, 5.41) is 7.42. The smallest absolute Gasteiger partial charge is 0.317 e. The number of fused-ring (bicyclic) bond motifs is 1. The minimum absolute atomic E-state index is 0.0867. The number of carbonyl (C=O) groups excluding carboxylic acids is 1. The van der Waals surface area contributed by atoms with Crippen LogP contribution in [-0.4, -0.2) is 52.9 Å². The summed E-state index contributed by atoms with van der Waals surface area (Å²) in [5.74, 6) is -3.18. The summed E-state index contributed by atoms with van der Waals surface area (Å²) < 4.78 is 35.6. The van der Waals surface area contributed by atoms with Crippen molar-refractivity contribution in [2.45, 2.75) is 45.6 Å². The van der Waals surface area contributed by atoms with E-state index in [2.05, 4.69) is 10.4 Å². The van der Waals surface area contributed by atoms with Gasteiger partial charge < -0.3 is 15.0 Å². The maximum atomic E-state index is 13.9. The lowest BCUT2D eigenvalue weighted by molar-refractivity contribution is 0.0636.